The number of carbonyl (C=O) groups is 3. The highest BCUT2D eigenvalue weighted by molar-refractivity contribution is 6.28. The van der Waals surface area contributed by atoms with Crippen LogP contribution in [-0.2, 0) is 14.4 Å². The second kappa shape index (κ2) is 6.10. The van der Waals surface area contributed by atoms with Crippen molar-refractivity contribution in [3.8, 4) is 0 Å². The molecule has 4 aliphatic carbocycles. The largest absolute Gasteiger partial charge is 0.391 e. The van der Waals surface area contributed by atoms with Gasteiger partial charge in [-0.1, -0.05) is 19.9 Å². The Morgan fingerprint density at radius 2 is 1.93 bits per heavy atom. The van der Waals surface area contributed by atoms with Gasteiger partial charge in [-0.2, -0.15) is 0 Å². The average molecular weight is 423 g/mol. The monoisotopic (exact) mass is 422 g/mol. The molecule has 158 valence electrons. The van der Waals surface area contributed by atoms with Gasteiger partial charge < -0.3 is 15.3 Å². The summed E-state index contributed by atoms with van der Waals surface area (Å²) in [5, 5.41) is 32.0. The summed E-state index contributed by atoms with van der Waals surface area (Å²) in [5.41, 5.74) is -3.00. The van der Waals surface area contributed by atoms with Crippen LogP contribution in [0.15, 0.2) is 23.3 Å². The van der Waals surface area contributed by atoms with Crippen molar-refractivity contribution in [1.29, 1.82) is 0 Å². The van der Waals surface area contributed by atoms with Gasteiger partial charge in [-0.15, -0.1) is 11.6 Å². The Kier molecular flexibility index (Phi) is 4.40. The molecular weight excluding hydrogens is 396 g/mol. The molecule has 0 radical (unpaired) electrons. The van der Waals surface area contributed by atoms with Crippen LogP contribution in [0.4, 0.5) is 0 Å². The Morgan fingerprint density at radius 1 is 1.28 bits per heavy atom. The van der Waals surface area contributed by atoms with Crippen molar-refractivity contribution < 1.29 is 29.7 Å². The molecule has 7 heteroatoms. The average Bonchev–Trinajstić information content (AvgIpc) is 2.91. The van der Waals surface area contributed by atoms with E-state index < -0.39 is 45.7 Å². The maximum atomic E-state index is 13.1. The fraction of sp³-hybridized carbons (Fsp3) is 0.682. The number of halogens is 1. The first kappa shape index (κ1) is 20.9. The Balaban J connectivity index is 1.87. The van der Waals surface area contributed by atoms with E-state index in [1.807, 2.05) is 0 Å². The van der Waals surface area contributed by atoms with E-state index in [4.69, 9.17) is 11.6 Å². The summed E-state index contributed by atoms with van der Waals surface area (Å²) in [6.07, 6.45) is 2.67. The van der Waals surface area contributed by atoms with E-state index >= 15 is 0 Å². The lowest BCUT2D eigenvalue weighted by Gasteiger charge is -2.63. The molecule has 0 heterocycles. The summed E-state index contributed by atoms with van der Waals surface area (Å²) >= 11 is 7.24. The third-order valence-corrected chi connectivity index (χ3v) is 9.47. The number of rotatable bonds is 2. The first-order valence-electron chi connectivity index (χ1n) is 10.1. The second-order valence-corrected chi connectivity index (χ2v) is 10.3. The van der Waals surface area contributed by atoms with Crippen molar-refractivity contribution in [2.75, 3.05) is 6.61 Å². The van der Waals surface area contributed by atoms with E-state index in [-0.39, 0.29) is 36.7 Å². The van der Waals surface area contributed by atoms with Gasteiger partial charge in [0, 0.05) is 22.8 Å². The highest BCUT2D eigenvalue weighted by atomic mass is 35.5. The molecule has 6 nitrogen and oxygen atoms in total. The number of aliphatic hydroxyl groups excluding tert-OH is 2. The van der Waals surface area contributed by atoms with Gasteiger partial charge in [0.2, 0.25) is 0 Å². The van der Waals surface area contributed by atoms with Gasteiger partial charge in [-0.05, 0) is 49.7 Å². The number of alkyl halides is 1. The van der Waals surface area contributed by atoms with Gasteiger partial charge in [0.15, 0.2) is 17.3 Å². The van der Waals surface area contributed by atoms with E-state index in [1.165, 1.54) is 6.08 Å². The first-order chi connectivity index (χ1) is 13.4. The Bertz CT molecular complexity index is 892. The fourth-order valence-corrected chi connectivity index (χ4v) is 7.38. The van der Waals surface area contributed by atoms with Crippen LogP contribution in [0.25, 0.3) is 0 Å². The zero-order chi connectivity index (χ0) is 21.6. The van der Waals surface area contributed by atoms with Crippen LogP contribution in [0, 0.1) is 22.7 Å². The standard InChI is InChI=1S/C22H27ClO6/c1-11-8-20(3)14(7-15(11)25)16(26)6-13-12-4-5-21(29,18(28)10-24)19(12,2)9-17(27)22(13,20)23/h7-8,12-13,17,24,27,29H,4-6,9-10H2,1-3H3/t12-,13-,17?,19-,20-,21-,22-/m0/s1. The lowest BCUT2D eigenvalue weighted by molar-refractivity contribution is -0.174. The van der Waals surface area contributed by atoms with Gasteiger partial charge in [-0.3, -0.25) is 14.4 Å². The SMILES string of the molecule is CC1=C[C@@]2(C)C(=CC1=O)C(=O)C[C@H]1[C@@H]3CC[C@](O)(C(=O)CO)[C@@]3(C)CC(O)[C@@]12Cl. The minimum atomic E-state index is -1.76. The van der Waals surface area contributed by atoms with Gasteiger partial charge in [-0.25, -0.2) is 0 Å². The summed E-state index contributed by atoms with van der Waals surface area (Å²) in [5.74, 6) is -1.85. The highest BCUT2D eigenvalue weighted by Gasteiger charge is 2.74. The minimum absolute atomic E-state index is 0.0474. The third kappa shape index (κ3) is 2.26. The fourth-order valence-electron chi connectivity index (χ4n) is 6.92. The van der Waals surface area contributed by atoms with Crippen molar-refractivity contribution in [3.63, 3.8) is 0 Å². The molecule has 3 saturated carbocycles. The molecule has 29 heavy (non-hydrogen) atoms. The first-order valence-corrected chi connectivity index (χ1v) is 10.5. The van der Waals surface area contributed by atoms with Crippen molar-refractivity contribution in [1.82, 2.24) is 0 Å². The van der Waals surface area contributed by atoms with Crippen LogP contribution < -0.4 is 0 Å². The van der Waals surface area contributed by atoms with Crippen LogP contribution in [-0.4, -0.2) is 55.9 Å². The molecule has 1 unspecified atom stereocenters. The van der Waals surface area contributed by atoms with Crippen molar-refractivity contribution in [3.05, 3.63) is 23.3 Å². The summed E-state index contributed by atoms with van der Waals surface area (Å²) in [6.45, 7) is 4.43. The Morgan fingerprint density at radius 3 is 2.55 bits per heavy atom. The molecular formula is C22H27ClO6. The van der Waals surface area contributed by atoms with Crippen LogP contribution >= 0.6 is 11.6 Å². The molecule has 0 spiro atoms. The summed E-state index contributed by atoms with van der Waals surface area (Å²) in [7, 11) is 0. The molecule has 4 aliphatic rings. The van der Waals surface area contributed by atoms with E-state index in [0.29, 0.717) is 17.6 Å². The van der Waals surface area contributed by atoms with E-state index in [0.717, 1.165) is 0 Å². The number of fused-ring (bicyclic) bond motifs is 5. The normalized spacial score (nSPS) is 49.0. The molecule has 7 atom stereocenters. The van der Waals surface area contributed by atoms with Gasteiger partial charge >= 0.3 is 0 Å². The summed E-state index contributed by atoms with van der Waals surface area (Å²) in [4.78, 5) is 36.5. The lowest BCUT2D eigenvalue weighted by Crippen LogP contribution is -2.69. The van der Waals surface area contributed by atoms with E-state index in [1.54, 1.807) is 26.8 Å². The predicted octanol–water partition coefficient (Wildman–Crippen LogP) is 1.49. The molecule has 0 aromatic carbocycles. The predicted molar refractivity (Wildman–Crippen MR) is 105 cm³/mol. The van der Waals surface area contributed by atoms with E-state index in [2.05, 4.69) is 0 Å². The van der Waals surface area contributed by atoms with Gasteiger partial charge in [0.25, 0.3) is 0 Å². The smallest absolute Gasteiger partial charge is 0.190 e. The van der Waals surface area contributed by atoms with Crippen molar-refractivity contribution >= 4 is 29.0 Å². The minimum Gasteiger partial charge on any atom is -0.391 e. The molecule has 3 fully saturated rings. The van der Waals surface area contributed by atoms with Crippen molar-refractivity contribution in [2.45, 2.75) is 63.0 Å². The van der Waals surface area contributed by atoms with E-state index in [9.17, 15) is 29.7 Å². The number of hydrogen-bond donors (Lipinski definition) is 3. The zero-order valence-corrected chi connectivity index (χ0v) is 17.6. The van der Waals surface area contributed by atoms with Crippen molar-refractivity contribution in [2.24, 2.45) is 22.7 Å². The molecule has 0 aromatic heterocycles. The van der Waals surface area contributed by atoms with Crippen LogP contribution in [0.2, 0.25) is 0 Å². The number of Topliss-reactive ketones (excluding diaryl/α,β-unsaturated/α-hetero) is 2. The number of ketones is 3. The molecule has 0 aliphatic heterocycles. The van der Waals surface area contributed by atoms with Crippen LogP contribution in [0.3, 0.4) is 0 Å². The molecule has 0 aromatic rings. The highest BCUT2D eigenvalue weighted by Crippen LogP contribution is 2.70. The number of carbonyl (C=O) groups excluding carboxylic acids is 3. The quantitative estimate of drug-likeness (QED) is 0.581. The lowest BCUT2D eigenvalue weighted by atomic mass is 9.45. The Labute approximate surface area is 174 Å². The molecule has 3 N–H and O–H groups in total. The number of aliphatic hydroxyl groups is 3. The molecule has 0 amide bonds. The van der Waals surface area contributed by atoms with Gasteiger partial charge in [0.05, 0.1) is 11.0 Å². The van der Waals surface area contributed by atoms with Crippen LogP contribution in [0.5, 0.6) is 0 Å². The second-order valence-electron chi connectivity index (χ2n) is 9.68. The topological polar surface area (TPSA) is 112 Å². The summed E-state index contributed by atoms with van der Waals surface area (Å²) in [6, 6.07) is 0. The third-order valence-electron chi connectivity index (χ3n) is 8.54. The maximum absolute atomic E-state index is 13.1. The summed E-state index contributed by atoms with van der Waals surface area (Å²) < 4.78 is 0. The maximum Gasteiger partial charge on any atom is 0.190 e. The van der Waals surface area contributed by atoms with Crippen LogP contribution in [0.1, 0.15) is 46.5 Å². The van der Waals surface area contributed by atoms with Gasteiger partial charge in [0.1, 0.15) is 12.2 Å². The molecule has 0 saturated heterocycles. The zero-order valence-electron chi connectivity index (χ0n) is 16.9. The molecule has 0 bridgehead atoms. The number of allylic oxidation sites excluding steroid dienone is 4. The molecule has 4 rings (SSSR count). The Hall–Kier alpha value is -1.34. The number of hydrogen-bond acceptors (Lipinski definition) is 6.